The molecule has 2 aromatic heterocycles. The van der Waals surface area contributed by atoms with Gasteiger partial charge >= 0.3 is 5.97 Å². The molecule has 0 spiro atoms. The lowest BCUT2D eigenvalue weighted by Crippen LogP contribution is -2.41. The zero-order valence-corrected chi connectivity index (χ0v) is 26.7. The number of aromatic nitrogens is 2. The zero-order chi connectivity index (χ0) is 31.5. The number of pyridine rings is 1. The predicted molar refractivity (Wildman–Crippen MR) is 178 cm³/mol. The Morgan fingerprint density at radius 1 is 0.956 bits per heavy atom. The van der Waals surface area contributed by atoms with Crippen molar-refractivity contribution < 1.29 is 19.0 Å². The Bertz CT molecular complexity index is 1810. The summed E-state index contributed by atoms with van der Waals surface area (Å²) < 4.78 is 20.2. The van der Waals surface area contributed by atoms with Crippen LogP contribution in [0.5, 0.6) is 0 Å². The topological polar surface area (TPSA) is 86.1 Å². The number of hydrogen-bond acceptors (Lipinski definition) is 7. The van der Waals surface area contributed by atoms with Crippen LogP contribution >= 0.6 is 23.2 Å². The number of carbonyl (C=O) groups excluding carboxylic acids is 1. The van der Waals surface area contributed by atoms with Crippen LogP contribution < -0.4 is 10.6 Å². The van der Waals surface area contributed by atoms with Gasteiger partial charge in [-0.1, -0.05) is 77.8 Å². The lowest BCUT2D eigenvalue weighted by molar-refractivity contribution is -0.160. The standard InChI is InChI=1S/C35H34Cl2N4O4/c1-21-22(2)41-17-16-25-31(35(41)38-21)40-30(23-10-5-4-6-11-23)34(33(25)44-19-18-43-3)45-29(42)20-24-12-7-8-15-28(24)39-32-26(36)13-9-14-27(32)37/h4-17,30,33-34,39-40H,18-20H2,1-3H3/t30-,33-,34-/m1/s1. The van der Waals surface area contributed by atoms with Crippen LogP contribution in [0.15, 0.2) is 85.1 Å². The number of aryl methyl sites for hydroxylation is 2. The van der Waals surface area contributed by atoms with Crippen LogP contribution in [0.3, 0.4) is 0 Å². The maximum absolute atomic E-state index is 13.8. The molecule has 0 saturated carbocycles. The van der Waals surface area contributed by atoms with E-state index in [1.165, 1.54) is 0 Å². The van der Waals surface area contributed by atoms with Gasteiger partial charge in [0.15, 0.2) is 11.8 Å². The van der Waals surface area contributed by atoms with Crippen molar-refractivity contribution in [3.8, 4) is 0 Å². The number of halogens is 2. The number of nitrogens with one attached hydrogen (secondary N) is 2. The van der Waals surface area contributed by atoms with E-state index in [0.29, 0.717) is 34.6 Å². The molecule has 232 valence electrons. The van der Waals surface area contributed by atoms with Gasteiger partial charge in [-0.2, -0.15) is 0 Å². The second-order valence-corrected chi connectivity index (χ2v) is 11.8. The molecule has 6 rings (SSSR count). The first-order chi connectivity index (χ1) is 21.9. The predicted octanol–water partition coefficient (Wildman–Crippen LogP) is 8.03. The number of carbonyl (C=O) groups is 1. The average molecular weight is 646 g/mol. The maximum Gasteiger partial charge on any atom is 0.310 e. The Morgan fingerprint density at radius 3 is 2.44 bits per heavy atom. The van der Waals surface area contributed by atoms with Crippen LogP contribution in [-0.4, -0.2) is 41.8 Å². The molecule has 0 bridgehead atoms. The fourth-order valence-corrected chi connectivity index (χ4v) is 6.22. The number of anilines is 3. The smallest absolute Gasteiger partial charge is 0.310 e. The molecule has 2 N–H and O–H groups in total. The minimum Gasteiger partial charge on any atom is -0.456 e. The summed E-state index contributed by atoms with van der Waals surface area (Å²) in [6.07, 6.45) is 0.727. The molecule has 3 aromatic carbocycles. The van der Waals surface area contributed by atoms with E-state index >= 15 is 0 Å². The van der Waals surface area contributed by atoms with E-state index in [9.17, 15) is 4.79 Å². The molecule has 45 heavy (non-hydrogen) atoms. The first kappa shape index (κ1) is 30.9. The largest absolute Gasteiger partial charge is 0.456 e. The summed E-state index contributed by atoms with van der Waals surface area (Å²) >= 11 is 12.8. The van der Waals surface area contributed by atoms with E-state index in [1.807, 2.05) is 80.7 Å². The van der Waals surface area contributed by atoms with Crippen LogP contribution in [0.4, 0.5) is 17.1 Å². The van der Waals surface area contributed by atoms with Gasteiger partial charge in [0, 0.05) is 30.3 Å². The molecule has 1 aliphatic rings. The van der Waals surface area contributed by atoms with Gasteiger partial charge in [0.25, 0.3) is 0 Å². The molecule has 5 aromatic rings. The normalized spacial score (nSPS) is 17.5. The number of fused-ring (bicyclic) bond motifs is 3. The lowest BCUT2D eigenvalue weighted by atomic mass is 9.88. The summed E-state index contributed by atoms with van der Waals surface area (Å²) in [7, 11) is 1.63. The Balaban J connectivity index is 1.35. The van der Waals surface area contributed by atoms with E-state index in [1.54, 1.807) is 25.3 Å². The van der Waals surface area contributed by atoms with Crippen LogP contribution in [0.2, 0.25) is 10.0 Å². The third kappa shape index (κ3) is 6.37. The summed E-state index contributed by atoms with van der Waals surface area (Å²) in [5.74, 6) is -0.403. The maximum atomic E-state index is 13.8. The van der Waals surface area contributed by atoms with Gasteiger partial charge in [0.2, 0.25) is 0 Å². The van der Waals surface area contributed by atoms with E-state index in [-0.39, 0.29) is 6.42 Å². The second kappa shape index (κ2) is 13.5. The number of hydrogen-bond donors (Lipinski definition) is 2. The molecule has 10 heteroatoms. The molecule has 0 amide bonds. The van der Waals surface area contributed by atoms with Gasteiger partial charge in [0.05, 0.1) is 52.8 Å². The highest BCUT2D eigenvalue weighted by molar-refractivity contribution is 6.39. The highest BCUT2D eigenvalue weighted by Crippen LogP contribution is 2.45. The zero-order valence-electron chi connectivity index (χ0n) is 25.2. The number of benzene rings is 3. The molecule has 8 nitrogen and oxygen atoms in total. The molecule has 1 aliphatic heterocycles. The van der Waals surface area contributed by atoms with E-state index < -0.39 is 24.2 Å². The van der Waals surface area contributed by atoms with Crippen LogP contribution in [0.25, 0.3) is 5.65 Å². The summed E-state index contributed by atoms with van der Waals surface area (Å²) in [4.78, 5) is 18.7. The Morgan fingerprint density at radius 2 is 1.69 bits per heavy atom. The minimum absolute atomic E-state index is 0.0125. The van der Waals surface area contributed by atoms with E-state index in [2.05, 4.69) is 15.0 Å². The molecule has 3 atom stereocenters. The van der Waals surface area contributed by atoms with E-state index in [4.69, 9.17) is 42.4 Å². The summed E-state index contributed by atoms with van der Waals surface area (Å²) in [5, 5.41) is 7.93. The first-order valence-corrected chi connectivity index (χ1v) is 15.5. The molecule has 0 radical (unpaired) electrons. The molecule has 0 saturated heterocycles. The van der Waals surface area contributed by atoms with Crippen molar-refractivity contribution in [2.24, 2.45) is 0 Å². The monoisotopic (exact) mass is 644 g/mol. The molecule has 3 heterocycles. The molecule has 0 unspecified atom stereocenters. The summed E-state index contributed by atoms with van der Waals surface area (Å²) in [5.41, 5.74) is 7.48. The molecular weight excluding hydrogens is 611 g/mol. The third-order valence-corrected chi connectivity index (χ3v) is 8.75. The summed E-state index contributed by atoms with van der Waals surface area (Å²) in [6.45, 7) is 4.75. The van der Waals surface area contributed by atoms with Crippen molar-refractivity contribution in [1.29, 1.82) is 0 Å². The fourth-order valence-electron chi connectivity index (χ4n) is 5.73. The van der Waals surface area contributed by atoms with Gasteiger partial charge in [-0.25, -0.2) is 4.98 Å². The van der Waals surface area contributed by atoms with Gasteiger partial charge in [0.1, 0.15) is 6.10 Å². The number of rotatable bonds is 10. The Hall–Kier alpha value is -4.08. The van der Waals surface area contributed by atoms with Crippen molar-refractivity contribution in [3.05, 3.63) is 123 Å². The van der Waals surface area contributed by atoms with Gasteiger partial charge in [-0.15, -0.1) is 0 Å². The van der Waals surface area contributed by atoms with Crippen molar-refractivity contribution in [3.63, 3.8) is 0 Å². The average Bonchev–Trinajstić information content (AvgIpc) is 3.34. The Kier molecular flexibility index (Phi) is 9.28. The quantitative estimate of drug-likeness (QED) is 0.118. The molecule has 0 fully saturated rings. The van der Waals surface area contributed by atoms with Crippen molar-refractivity contribution >= 4 is 51.9 Å². The van der Waals surface area contributed by atoms with Crippen LogP contribution in [0, 0.1) is 13.8 Å². The number of para-hydroxylation sites is 2. The van der Waals surface area contributed by atoms with Crippen LogP contribution in [-0.2, 0) is 25.4 Å². The van der Waals surface area contributed by atoms with E-state index in [0.717, 1.165) is 39.4 Å². The van der Waals surface area contributed by atoms with Gasteiger partial charge < -0.3 is 29.2 Å². The third-order valence-electron chi connectivity index (χ3n) is 8.12. The van der Waals surface area contributed by atoms with Gasteiger partial charge in [-0.3, -0.25) is 4.79 Å². The number of ether oxygens (including phenoxy) is 3. The highest BCUT2D eigenvalue weighted by atomic mass is 35.5. The molecular formula is C35H34Cl2N4O4. The minimum atomic E-state index is -0.693. The SMILES string of the molecule is COCCO[C@@H]1c2ccn3c(C)c(C)nc3c2N[C@H](c2ccccc2)[C@H]1OC(=O)Cc1ccccc1Nc1c(Cl)cccc1Cl. The van der Waals surface area contributed by atoms with Crippen molar-refractivity contribution in [2.45, 2.75) is 38.5 Å². The van der Waals surface area contributed by atoms with Crippen molar-refractivity contribution in [2.75, 3.05) is 31.0 Å². The number of imidazole rings is 1. The highest BCUT2D eigenvalue weighted by Gasteiger charge is 2.42. The fraction of sp³-hybridized carbons (Fsp3) is 0.257. The van der Waals surface area contributed by atoms with Crippen molar-refractivity contribution in [1.82, 2.24) is 9.38 Å². The molecule has 0 aliphatic carbocycles. The summed E-state index contributed by atoms with van der Waals surface area (Å²) in [6, 6.07) is 24.4. The van der Waals surface area contributed by atoms with Crippen LogP contribution in [0.1, 0.15) is 40.2 Å². The number of esters is 1. The number of methoxy groups -OCH3 is 1. The number of nitrogens with zero attached hydrogens (tertiary/aromatic N) is 2. The first-order valence-electron chi connectivity index (χ1n) is 14.7. The second-order valence-electron chi connectivity index (χ2n) is 10.9. The lowest BCUT2D eigenvalue weighted by Gasteiger charge is -2.40. The van der Waals surface area contributed by atoms with Gasteiger partial charge in [-0.05, 0) is 49.2 Å². The Labute approximate surface area is 272 Å².